The fourth-order valence-corrected chi connectivity index (χ4v) is 1.73. The third-order valence-electron chi connectivity index (χ3n) is 2.76. The maximum Gasteiger partial charge on any atom is 0.326 e. The van der Waals surface area contributed by atoms with Gasteiger partial charge in [-0.1, -0.05) is 13.3 Å². The SMILES string of the molecule is CCC[C@H](NC(=O)Nc1ccc(C#N)cc1OC)C(=O)O. The minimum absolute atomic E-state index is 0.326. The number of benzene rings is 1. The summed E-state index contributed by atoms with van der Waals surface area (Å²) in [6.07, 6.45) is 0.977. The van der Waals surface area contributed by atoms with Gasteiger partial charge >= 0.3 is 12.0 Å². The number of hydrogen-bond acceptors (Lipinski definition) is 4. The second kappa shape index (κ2) is 7.75. The Morgan fingerprint density at radius 3 is 2.71 bits per heavy atom. The van der Waals surface area contributed by atoms with Crippen LogP contribution < -0.4 is 15.4 Å². The lowest BCUT2D eigenvalue weighted by molar-refractivity contribution is -0.139. The van der Waals surface area contributed by atoms with E-state index in [1.807, 2.05) is 13.0 Å². The van der Waals surface area contributed by atoms with Gasteiger partial charge in [0.15, 0.2) is 0 Å². The predicted molar refractivity (Wildman–Crippen MR) is 76.2 cm³/mol. The number of nitrogens with one attached hydrogen (secondary N) is 2. The van der Waals surface area contributed by atoms with Crippen LogP contribution in [0.15, 0.2) is 18.2 Å². The van der Waals surface area contributed by atoms with Crippen molar-refractivity contribution in [1.29, 1.82) is 5.26 Å². The van der Waals surface area contributed by atoms with Crippen LogP contribution in [0.1, 0.15) is 25.3 Å². The normalized spacial score (nSPS) is 11.1. The lowest BCUT2D eigenvalue weighted by atomic mass is 10.2. The number of rotatable bonds is 6. The Morgan fingerprint density at radius 1 is 1.48 bits per heavy atom. The van der Waals surface area contributed by atoms with Crippen LogP contribution in [-0.4, -0.2) is 30.3 Å². The highest BCUT2D eigenvalue weighted by Gasteiger charge is 2.19. The maximum absolute atomic E-state index is 11.8. The van der Waals surface area contributed by atoms with Gasteiger partial charge in [0.05, 0.1) is 24.4 Å². The highest BCUT2D eigenvalue weighted by atomic mass is 16.5. The van der Waals surface area contributed by atoms with Crippen molar-refractivity contribution in [3.63, 3.8) is 0 Å². The summed E-state index contributed by atoms with van der Waals surface area (Å²) < 4.78 is 5.08. The summed E-state index contributed by atoms with van der Waals surface area (Å²) in [4.78, 5) is 22.8. The van der Waals surface area contributed by atoms with Crippen molar-refractivity contribution < 1.29 is 19.4 Å². The fraction of sp³-hybridized carbons (Fsp3) is 0.357. The van der Waals surface area contributed by atoms with E-state index in [-0.39, 0.29) is 0 Å². The van der Waals surface area contributed by atoms with Gasteiger partial charge in [0.25, 0.3) is 0 Å². The van der Waals surface area contributed by atoms with Gasteiger partial charge in [-0.3, -0.25) is 0 Å². The molecule has 0 saturated carbocycles. The molecule has 1 aromatic carbocycles. The van der Waals surface area contributed by atoms with E-state index in [0.717, 1.165) is 0 Å². The summed E-state index contributed by atoms with van der Waals surface area (Å²) in [5, 5.41) is 22.7. The van der Waals surface area contributed by atoms with Gasteiger partial charge < -0.3 is 20.5 Å². The lowest BCUT2D eigenvalue weighted by Gasteiger charge is -2.15. The second-order valence-electron chi connectivity index (χ2n) is 4.30. The fourth-order valence-electron chi connectivity index (χ4n) is 1.73. The van der Waals surface area contributed by atoms with Crippen LogP contribution in [0.4, 0.5) is 10.5 Å². The van der Waals surface area contributed by atoms with E-state index in [9.17, 15) is 9.59 Å². The van der Waals surface area contributed by atoms with Crippen molar-refractivity contribution >= 4 is 17.7 Å². The van der Waals surface area contributed by atoms with E-state index in [2.05, 4.69) is 10.6 Å². The molecule has 3 N–H and O–H groups in total. The number of nitrogens with zero attached hydrogens (tertiary/aromatic N) is 1. The molecule has 21 heavy (non-hydrogen) atoms. The molecule has 7 heteroatoms. The third kappa shape index (κ3) is 4.69. The van der Waals surface area contributed by atoms with Gasteiger partial charge in [0.1, 0.15) is 11.8 Å². The first-order valence-electron chi connectivity index (χ1n) is 6.40. The van der Waals surface area contributed by atoms with Gasteiger partial charge in [0, 0.05) is 6.07 Å². The average Bonchev–Trinajstić information content (AvgIpc) is 2.47. The Labute approximate surface area is 122 Å². The van der Waals surface area contributed by atoms with E-state index in [1.54, 1.807) is 0 Å². The quantitative estimate of drug-likeness (QED) is 0.741. The number of urea groups is 1. The Kier molecular flexibility index (Phi) is 6.01. The molecule has 0 saturated heterocycles. The molecule has 2 amide bonds. The number of nitriles is 1. The maximum atomic E-state index is 11.8. The molecule has 0 aliphatic rings. The van der Waals surface area contributed by atoms with Crippen LogP contribution in [0.5, 0.6) is 5.75 Å². The number of anilines is 1. The summed E-state index contributed by atoms with van der Waals surface area (Å²) >= 11 is 0. The summed E-state index contributed by atoms with van der Waals surface area (Å²) in [7, 11) is 1.41. The minimum Gasteiger partial charge on any atom is -0.495 e. The van der Waals surface area contributed by atoms with Gasteiger partial charge in [-0.2, -0.15) is 5.26 Å². The van der Waals surface area contributed by atoms with E-state index >= 15 is 0 Å². The molecule has 1 aromatic rings. The van der Waals surface area contributed by atoms with Crippen molar-refractivity contribution in [3.8, 4) is 11.8 Å². The summed E-state index contributed by atoms with van der Waals surface area (Å²) in [5.41, 5.74) is 0.752. The predicted octanol–water partition coefficient (Wildman–Crippen LogP) is 1.94. The summed E-state index contributed by atoms with van der Waals surface area (Å²) in [6, 6.07) is 4.90. The van der Waals surface area contributed by atoms with Gasteiger partial charge in [-0.05, 0) is 18.6 Å². The van der Waals surface area contributed by atoms with Gasteiger partial charge in [0.2, 0.25) is 0 Å². The number of carbonyl (C=O) groups is 2. The van der Waals surface area contributed by atoms with Crippen LogP contribution in [-0.2, 0) is 4.79 Å². The van der Waals surface area contributed by atoms with Crippen LogP contribution in [0.25, 0.3) is 0 Å². The first-order chi connectivity index (χ1) is 10.0. The van der Waals surface area contributed by atoms with E-state index in [0.29, 0.717) is 29.8 Å². The molecule has 0 fully saturated rings. The molecule has 0 heterocycles. The number of amides is 2. The molecular weight excluding hydrogens is 274 g/mol. The molecule has 0 spiro atoms. The molecular formula is C14H17N3O4. The molecule has 0 bridgehead atoms. The van der Waals surface area contributed by atoms with Crippen molar-refractivity contribution in [3.05, 3.63) is 23.8 Å². The molecule has 1 atom stereocenters. The lowest BCUT2D eigenvalue weighted by Crippen LogP contribution is -2.42. The molecule has 0 aliphatic carbocycles. The number of methoxy groups -OCH3 is 1. The molecule has 0 unspecified atom stereocenters. The van der Waals surface area contributed by atoms with Gasteiger partial charge in [-0.15, -0.1) is 0 Å². The van der Waals surface area contributed by atoms with E-state index < -0.39 is 18.0 Å². The molecule has 0 aliphatic heterocycles. The number of ether oxygens (including phenoxy) is 1. The topological polar surface area (TPSA) is 111 Å². The smallest absolute Gasteiger partial charge is 0.326 e. The van der Waals surface area contributed by atoms with Crippen molar-refractivity contribution in [2.75, 3.05) is 12.4 Å². The van der Waals surface area contributed by atoms with Crippen molar-refractivity contribution in [2.45, 2.75) is 25.8 Å². The summed E-state index contributed by atoms with van der Waals surface area (Å²) in [5.74, 6) is -0.759. The first kappa shape index (κ1) is 16.3. The average molecular weight is 291 g/mol. The molecule has 1 rings (SSSR count). The van der Waals surface area contributed by atoms with Gasteiger partial charge in [-0.25, -0.2) is 9.59 Å². The Bertz CT molecular complexity index is 566. The zero-order chi connectivity index (χ0) is 15.8. The zero-order valence-corrected chi connectivity index (χ0v) is 11.8. The number of hydrogen-bond donors (Lipinski definition) is 3. The zero-order valence-electron chi connectivity index (χ0n) is 11.8. The molecule has 0 aromatic heterocycles. The van der Waals surface area contributed by atoms with Crippen molar-refractivity contribution in [2.24, 2.45) is 0 Å². The van der Waals surface area contributed by atoms with Crippen LogP contribution in [0, 0.1) is 11.3 Å². The van der Waals surface area contributed by atoms with E-state index in [4.69, 9.17) is 15.1 Å². The first-order valence-corrected chi connectivity index (χ1v) is 6.40. The summed E-state index contributed by atoms with van der Waals surface area (Å²) in [6.45, 7) is 1.83. The van der Waals surface area contributed by atoms with Crippen molar-refractivity contribution in [1.82, 2.24) is 5.32 Å². The van der Waals surface area contributed by atoms with E-state index in [1.165, 1.54) is 25.3 Å². The second-order valence-corrected chi connectivity index (χ2v) is 4.30. The Hall–Kier alpha value is -2.75. The molecule has 7 nitrogen and oxygen atoms in total. The highest BCUT2D eigenvalue weighted by molar-refractivity contribution is 5.93. The Balaban J connectivity index is 2.79. The van der Waals surface area contributed by atoms with Crippen LogP contribution in [0.2, 0.25) is 0 Å². The third-order valence-corrected chi connectivity index (χ3v) is 2.76. The van der Waals surface area contributed by atoms with Crippen LogP contribution in [0.3, 0.4) is 0 Å². The minimum atomic E-state index is -1.08. The molecule has 112 valence electrons. The standard InChI is InChI=1S/C14H17N3O4/c1-3-4-11(13(18)19)17-14(20)16-10-6-5-9(8-15)7-12(10)21-2/h5-7,11H,3-4H2,1-2H3,(H,18,19)(H2,16,17,20)/t11-/m0/s1. The van der Waals surface area contributed by atoms with Crippen LogP contribution >= 0.6 is 0 Å². The number of carboxylic acids is 1. The number of carboxylic acid groups (broad SMARTS) is 1. The molecule has 0 radical (unpaired) electrons. The Morgan fingerprint density at radius 2 is 2.19 bits per heavy atom. The number of carbonyl (C=O) groups excluding carboxylic acids is 1. The largest absolute Gasteiger partial charge is 0.495 e. The number of aliphatic carboxylic acids is 1. The monoisotopic (exact) mass is 291 g/mol. The highest BCUT2D eigenvalue weighted by Crippen LogP contribution is 2.25.